The van der Waals surface area contributed by atoms with Crippen LogP contribution in [0.4, 0.5) is 0 Å². The number of hydrogen-bond donors (Lipinski definition) is 1. The Labute approximate surface area is 57.8 Å². The summed E-state index contributed by atoms with van der Waals surface area (Å²) in [5.74, 6) is 0. The Balaban J connectivity index is 2.03. The van der Waals surface area contributed by atoms with Gasteiger partial charge in [0.15, 0.2) is 0 Å². The van der Waals surface area contributed by atoms with Crippen molar-refractivity contribution in [1.82, 2.24) is 5.32 Å². The zero-order chi connectivity index (χ0) is 6.91. The fourth-order valence-corrected chi connectivity index (χ4v) is 0.895. The Bertz CT molecular complexity index is 87.2. The zero-order valence-corrected chi connectivity index (χ0v) is 6.70. The van der Waals surface area contributed by atoms with Crippen LogP contribution >= 0.6 is 0 Å². The van der Waals surface area contributed by atoms with Gasteiger partial charge in [-0.05, 0) is 18.3 Å². The first-order valence-corrected chi connectivity index (χ1v) is 3.81. The van der Waals surface area contributed by atoms with Crippen LogP contribution in [0.25, 0.3) is 0 Å². The highest BCUT2D eigenvalue weighted by Crippen LogP contribution is 2.23. The lowest BCUT2D eigenvalue weighted by Crippen LogP contribution is -2.06. The van der Waals surface area contributed by atoms with E-state index in [0.717, 1.165) is 6.04 Å². The predicted molar refractivity (Wildman–Crippen MR) is 40.5 cm³/mol. The van der Waals surface area contributed by atoms with Gasteiger partial charge in [-0.2, -0.15) is 0 Å². The molecule has 1 nitrogen and oxygen atoms in total. The number of rotatable bonds is 2. The van der Waals surface area contributed by atoms with Crippen molar-refractivity contribution in [1.29, 1.82) is 0 Å². The monoisotopic (exact) mass is 127 g/mol. The predicted octanol–water partition coefficient (Wildman–Crippen LogP) is 1.78. The first-order chi connectivity index (χ1) is 4.08. The van der Waals surface area contributed by atoms with Gasteiger partial charge in [-0.1, -0.05) is 20.8 Å². The van der Waals surface area contributed by atoms with Crippen molar-refractivity contribution >= 4 is 0 Å². The van der Waals surface area contributed by atoms with Crippen molar-refractivity contribution < 1.29 is 0 Å². The molecule has 1 rings (SSSR count). The molecule has 1 aliphatic rings. The van der Waals surface area contributed by atoms with E-state index in [1.165, 1.54) is 19.4 Å². The minimum absolute atomic E-state index is 0.532. The number of hydrogen-bond acceptors (Lipinski definition) is 1. The Morgan fingerprint density at radius 2 is 2.00 bits per heavy atom. The quantitative estimate of drug-likeness (QED) is 0.561. The fraction of sp³-hybridized carbons (Fsp3) is 1.00. The molecule has 0 aromatic carbocycles. The van der Waals surface area contributed by atoms with Gasteiger partial charge in [0.25, 0.3) is 0 Å². The zero-order valence-electron chi connectivity index (χ0n) is 6.70. The molecular formula is C8H17N. The van der Waals surface area contributed by atoms with Crippen LogP contribution in [0.5, 0.6) is 0 Å². The molecule has 0 unspecified atom stereocenters. The molecule has 0 saturated carbocycles. The Kier molecular flexibility index (Phi) is 1.80. The molecule has 1 aliphatic heterocycles. The van der Waals surface area contributed by atoms with Gasteiger partial charge >= 0.3 is 0 Å². The molecule has 54 valence electrons. The summed E-state index contributed by atoms with van der Waals surface area (Å²) in [4.78, 5) is 0. The molecule has 0 radical (unpaired) electrons. The van der Waals surface area contributed by atoms with Crippen LogP contribution in [0.3, 0.4) is 0 Å². The smallest absolute Gasteiger partial charge is 0.0193 e. The lowest BCUT2D eigenvalue weighted by Gasteiger charge is -2.16. The maximum absolute atomic E-state index is 3.31. The van der Waals surface area contributed by atoms with Gasteiger partial charge in [-0.25, -0.2) is 0 Å². The maximum atomic E-state index is 3.31. The largest absolute Gasteiger partial charge is 0.311 e. The van der Waals surface area contributed by atoms with Gasteiger partial charge in [-0.15, -0.1) is 0 Å². The van der Waals surface area contributed by atoms with Crippen molar-refractivity contribution in [2.45, 2.75) is 39.7 Å². The van der Waals surface area contributed by atoms with E-state index in [9.17, 15) is 0 Å². The molecule has 0 bridgehead atoms. The van der Waals surface area contributed by atoms with Gasteiger partial charge in [0.2, 0.25) is 0 Å². The Hall–Kier alpha value is -0.0400. The molecule has 9 heavy (non-hydrogen) atoms. The molecular weight excluding hydrogens is 110 g/mol. The minimum atomic E-state index is 0.532. The highest BCUT2D eigenvalue weighted by atomic mass is 15.1. The van der Waals surface area contributed by atoms with E-state index < -0.39 is 0 Å². The summed E-state index contributed by atoms with van der Waals surface area (Å²) in [6, 6.07) is 0.865. The van der Waals surface area contributed by atoms with Gasteiger partial charge in [-0.3, -0.25) is 0 Å². The van der Waals surface area contributed by atoms with Crippen molar-refractivity contribution in [2.75, 3.05) is 6.54 Å². The molecule has 1 heterocycles. The Morgan fingerprint density at radius 3 is 2.33 bits per heavy atom. The van der Waals surface area contributed by atoms with Crippen molar-refractivity contribution in [2.24, 2.45) is 5.41 Å². The van der Waals surface area contributed by atoms with E-state index >= 15 is 0 Å². The maximum Gasteiger partial charge on any atom is 0.0193 e. The lowest BCUT2D eigenvalue weighted by molar-refractivity contribution is 0.364. The van der Waals surface area contributed by atoms with E-state index in [1.807, 2.05) is 0 Å². The van der Waals surface area contributed by atoms with E-state index in [0.29, 0.717) is 5.41 Å². The third-order valence-corrected chi connectivity index (χ3v) is 1.74. The third kappa shape index (κ3) is 3.52. The molecule has 0 aliphatic carbocycles. The second-order valence-electron chi connectivity index (χ2n) is 4.20. The summed E-state index contributed by atoms with van der Waals surface area (Å²) in [5.41, 5.74) is 0.532. The standard InChI is InChI=1S/C8H17N/c1-8(2,3)5-4-7-6-9-7/h7,9H,4-6H2,1-3H3/t7-/m1/s1. The molecule has 0 aromatic heterocycles. The number of nitrogens with one attached hydrogen (secondary N) is 1. The minimum Gasteiger partial charge on any atom is -0.311 e. The highest BCUT2D eigenvalue weighted by molar-refractivity contribution is 4.84. The van der Waals surface area contributed by atoms with Crippen LogP contribution in [-0.2, 0) is 0 Å². The van der Waals surface area contributed by atoms with E-state index in [1.54, 1.807) is 0 Å². The summed E-state index contributed by atoms with van der Waals surface area (Å²) >= 11 is 0. The first kappa shape index (κ1) is 7.07. The van der Waals surface area contributed by atoms with Crippen LogP contribution in [-0.4, -0.2) is 12.6 Å². The fourth-order valence-electron chi connectivity index (χ4n) is 0.895. The van der Waals surface area contributed by atoms with Crippen molar-refractivity contribution in [3.63, 3.8) is 0 Å². The highest BCUT2D eigenvalue weighted by Gasteiger charge is 2.22. The normalized spacial score (nSPS) is 26.3. The summed E-state index contributed by atoms with van der Waals surface area (Å²) in [7, 11) is 0. The van der Waals surface area contributed by atoms with E-state index in [-0.39, 0.29) is 0 Å². The molecule has 0 spiro atoms. The molecule has 1 atom stereocenters. The topological polar surface area (TPSA) is 21.9 Å². The summed E-state index contributed by atoms with van der Waals surface area (Å²) in [6.07, 6.45) is 2.72. The van der Waals surface area contributed by atoms with Crippen LogP contribution in [0.1, 0.15) is 33.6 Å². The third-order valence-electron chi connectivity index (χ3n) is 1.74. The lowest BCUT2D eigenvalue weighted by atomic mass is 9.90. The molecule has 1 heteroatoms. The average molecular weight is 127 g/mol. The van der Waals surface area contributed by atoms with Gasteiger partial charge in [0.05, 0.1) is 0 Å². The van der Waals surface area contributed by atoms with Gasteiger partial charge in [0.1, 0.15) is 0 Å². The van der Waals surface area contributed by atoms with E-state index in [2.05, 4.69) is 26.1 Å². The molecule has 1 saturated heterocycles. The van der Waals surface area contributed by atoms with Crippen LogP contribution < -0.4 is 5.32 Å². The van der Waals surface area contributed by atoms with Gasteiger partial charge < -0.3 is 5.32 Å². The average Bonchev–Trinajstić information content (AvgIpc) is 2.38. The van der Waals surface area contributed by atoms with Gasteiger partial charge in [0, 0.05) is 12.6 Å². The summed E-state index contributed by atoms with van der Waals surface area (Å²) < 4.78 is 0. The second kappa shape index (κ2) is 2.30. The Morgan fingerprint density at radius 1 is 1.44 bits per heavy atom. The molecule has 1 N–H and O–H groups in total. The van der Waals surface area contributed by atoms with Crippen LogP contribution in [0.2, 0.25) is 0 Å². The van der Waals surface area contributed by atoms with Crippen LogP contribution in [0.15, 0.2) is 0 Å². The molecule has 0 aromatic rings. The summed E-state index contributed by atoms with van der Waals surface area (Å²) in [6.45, 7) is 8.16. The SMILES string of the molecule is CC(C)(C)CC[C@@H]1CN1. The molecule has 1 fully saturated rings. The van der Waals surface area contributed by atoms with Crippen molar-refractivity contribution in [3.8, 4) is 0 Å². The first-order valence-electron chi connectivity index (χ1n) is 3.81. The van der Waals surface area contributed by atoms with Crippen LogP contribution in [0, 0.1) is 5.41 Å². The van der Waals surface area contributed by atoms with Crippen molar-refractivity contribution in [3.05, 3.63) is 0 Å². The molecule has 0 amide bonds. The van der Waals surface area contributed by atoms with E-state index in [4.69, 9.17) is 0 Å². The second-order valence-corrected chi connectivity index (χ2v) is 4.20. The summed E-state index contributed by atoms with van der Waals surface area (Å²) in [5, 5.41) is 3.31.